The van der Waals surface area contributed by atoms with E-state index in [0.717, 1.165) is 22.3 Å². The Balaban J connectivity index is 1.92. The molecule has 2 rings (SSSR count). The van der Waals surface area contributed by atoms with Crippen molar-refractivity contribution in [3.8, 4) is 0 Å². The average molecular weight is 601 g/mol. The summed E-state index contributed by atoms with van der Waals surface area (Å²) in [5.41, 5.74) is 1.83. The highest BCUT2D eigenvalue weighted by Gasteiger charge is 2.48. The predicted molar refractivity (Wildman–Crippen MR) is 185 cm³/mol. The molecule has 2 saturated carbocycles. The fourth-order valence-electron chi connectivity index (χ4n) is 6.83. The largest absolute Gasteiger partial charge is 0.389 e. The number of aliphatic hydroxyl groups is 2. The smallest absolute Gasteiger partial charge is 0.136 e. The van der Waals surface area contributed by atoms with Gasteiger partial charge < -0.3 is 10.2 Å². The van der Waals surface area contributed by atoms with Crippen LogP contribution in [-0.2, 0) is 9.59 Å². The molecule has 2 fully saturated rings. The maximum absolute atomic E-state index is 12.0. The highest BCUT2D eigenvalue weighted by molar-refractivity contribution is 5.82. The number of hydrogen-bond donors (Lipinski definition) is 2. The molecule has 0 aromatic carbocycles. The van der Waals surface area contributed by atoms with Gasteiger partial charge in [0.2, 0.25) is 0 Å². The normalized spacial score (nSPS) is 31.1. The molecule has 0 aliphatic heterocycles. The Morgan fingerprint density at radius 3 is 1.14 bits per heavy atom. The van der Waals surface area contributed by atoms with Gasteiger partial charge in [-0.25, -0.2) is 0 Å². The van der Waals surface area contributed by atoms with Gasteiger partial charge in [0, 0.05) is 37.5 Å². The van der Waals surface area contributed by atoms with Gasteiger partial charge in [-0.2, -0.15) is 0 Å². The first-order valence-electron chi connectivity index (χ1n) is 15.8. The second kappa shape index (κ2) is 15.3. The molecule has 4 atom stereocenters. The van der Waals surface area contributed by atoms with E-state index in [2.05, 4.69) is 78.0 Å². The minimum Gasteiger partial charge on any atom is -0.389 e. The Kier molecular flexibility index (Phi) is 12.9. The van der Waals surface area contributed by atoms with Crippen LogP contribution in [0.1, 0.15) is 94.9 Å². The van der Waals surface area contributed by atoms with E-state index in [0.29, 0.717) is 12.8 Å². The topological polar surface area (TPSA) is 74.6 Å². The summed E-state index contributed by atoms with van der Waals surface area (Å²) in [6.07, 6.45) is 30.0. The molecular formula is C40H56O4. The quantitative estimate of drug-likeness (QED) is 0.245. The standard InChI is InChI=1S/C40H56O4/c1-29(17-13-19-31(3)21-23-35-37(5,6)25-33(41)27-39(35,9)43)15-11-12-16-30(2)18-14-20-32(4)22-24-36-38(7,8)26-34(42)28-40(36,10)44/h11-24,35-36,43-44H,25-28H2,1-10H3. The van der Waals surface area contributed by atoms with Crippen LogP contribution in [0.4, 0.5) is 0 Å². The molecule has 0 heterocycles. The minimum absolute atomic E-state index is 0.0818. The molecule has 2 aliphatic carbocycles. The van der Waals surface area contributed by atoms with Crippen LogP contribution >= 0.6 is 0 Å². The molecule has 4 heteroatoms. The minimum atomic E-state index is -1.02. The van der Waals surface area contributed by atoms with Gasteiger partial charge in [-0.3, -0.25) is 9.59 Å². The highest BCUT2D eigenvalue weighted by atomic mass is 16.3. The zero-order valence-electron chi connectivity index (χ0n) is 28.8. The van der Waals surface area contributed by atoms with Crippen LogP contribution in [-0.4, -0.2) is 33.0 Å². The number of rotatable bonds is 10. The Bertz CT molecular complexity index is 1190. The van der Waals surface area contributed by atoms with Gasteiger partial charge in [-0.05, 0) is 52.4 Å². The lowest BCUT2D eigenvalue weighted by atomic mass is 9.61. The number of carbonyl (C=O) groups excluding carboxylic acids is 2. The third-order valence-corrected chi connectivity index (χ3v) is 8.81. The molecule has 0 aromatic heterocycles. The van der Waals surface area contributed by atoms with Crippen molar-refractivity contribution in [3.63, 3.8) is 0 Å². The maximum Gasteiger partial charge on any atom is 0.136 e. The SMILES string of the molecule is CC(C=CC=C(C)C=CC1C(C)(C)CC(=O)CC1(C)O)=CC=CC=C(C)C=CC=C(C)C=CC1C(C)(C)CC(=O)CC1(C)O. The van der Waals surface area contributed by atoms with E-state index in [9.17, 15) is 19.8 Å². The number of allylic oxidation sites excluding steroid dienone is 16. The van der Waals surface area contributed by atoms with Crippen LogP contribution < -0.4 is 0 Å². The zero-order chi connectivity index (χ0) is 33.3. The molecule has 4 unspecified atom stereocenters. The monoisotopic (exact) mass is 600 g/mol. The second-order valence-corrected chi connectivity index (χ2v) is 14.9. The van der Waals surface area contributed by atoms with Gasteiger partial charge in [0.25, 0.3) is 0 Å². The Labute approximate surface area is 267 Å². The summed E-state index contributed by atoms with van der Waals surface area (Å²) in [6.45, 7) is 19.9. The molecule has 44 heavy (non-hydrogen) atoms. The van der Waals surface area contributed by atoms with Crippen LogP contribution in [0.15, 0.2) is 107 Å². The molecule has 4 nitrogen and oxygen atoms in total. The van der Waals surface area contributed by atoms with Gasteiger partial charge in [-0.15, -0.1) is 0 Å². The van der Waals surface area contributed by atoms with E-state index in [1.165, 1.54) is 0 Å². The van der Waals surface area contributed by atoms with Gasteiger partial charge in [0.1, 0.15) is 11.6 Å². The first kappa shape index (κ1) is 37.1. The number of hydrogen-bond acceptors (Lipinski definition) is 4. The van der Waals surface area contributed by atoms with Crippen LogP contribution in [0.5, 0.6) is 0 Å². The summed E-state index contributed by atoms with van der Waals surface area (Å²) in [5.74, 6) is 0.0900. The number of carbonyl (C=O) groups is 2. The van der Waals surface area contributed by atoms with Crippen LogP contribution in [0.25, 0.3) is 0 Å². The Hall–Kier alpha value is -3.08. The summed E-state index contributed by atoms with van der Waals surface area (Å²) in [7, 11) is 0. The van der Waals surface area contributed by atoms with E-state index in [1.54, 1.807) is 13.8 Å². The van der Waals surface area contributed by atoms with E-state index < -0.39 is 11.2 Å². The molecule has 240 valence electrons. The zero-order valence-corrected chi connectivity index (χ0v) is 28.8. The van der Waals surface area contributed by atoms with Gasteiger partial charge in [0.05, 0.1) is 11.2 Å². The number of ketones is 2. The average Bonchev–Trinajstić information content (AvgIpc) is 2.83. The molecular weight excluding hydrogens is 544 g/mol. The Morgan fingerprint density at radius 2 is 0.818 bits per heavy atom. The summed E-state index contributed by atoms with van der Waals surface area (Å²) < 4.78 is 0. The number of Topliss-reactive ketones (excluding diaryl/α,β-unsaturated/α-hetero) is 2. The molecule has 0 bridgehead atoms. The third kappa shape index (κ3) is 11.4. The summed E-state index contributed by atoms with van der Waals surface area (Å²) >= 11 is 0. The molecule has 2 aliphatic rings. The molecule has 0 spiro atoms. The fraction of sp³-hybridized carbons (Fsp3) is 0.500. The van der Waals surface area contributed by atoms with Crippen LogP contribution in [0.2, 0.25) is 0 Å². The van der Waals surface area contributed by atoms with Crippen molar-refractivity contribution in [2.45, 2.75) is 106 Å². The van der Waals surface area contributed by atoms with Gasteiger partial charge >= 0.3 is 0 Å². The molecule has 0 aromatic rings. The van der Waals surface area contributed by atoms with E-state index in [4.69, 9.17) is 0 Å². The van der Waals surface area contributed by atoms with E-state index >= 15 is 0 Å². The van der Waals surface area contributed by atoms with Crippen molar-refractivity contribution in [2.24, 2.45) is 22.7 Å². The van der Waals surface area contributed by atoms with Crippen molar-refractivity contribution in [3.05, 3.63) is 107 Å². The van der Waals surface area contributed by atoms with Crippen LogP contribution in [0, 0.1) is 22.7 Å². The fourth-order valence-corrected chi connectivity index (χ4v) is 6.83. The lowest BCUT2D eigenvalue weighted by Crippen LogP contribution is -2.49. The summed E-state index contributed by atoms with van der Waals surface area (Å²) in [4.78, 5) is 24.1. The van der Waals surface area contributed by atoms with Crippen molar-refractivity contribution in [2.75, 3.05) is 0 Å². The van der Waals surface area contributed by atoms with E-state index in [1.807, 2.05) is 62.5 Å². The predicted octanol–water partition coefficient (Wildman–Crippen LogP) is 9.07. The Morgan fingerprint density at radius 1 is 0.523 bits per heavy atom. The lowest BCUT2D eigenvalue weighted by molar-refractivity contribution is -0.140. The van der Waals surface area contributed by atoms with Crippen molar-refractivity contribution in [1.29, 1.82) is 0 Å². The van der Waals surface area contributed by atoms with Gasteiger partial charge in [-0.1, -0.05) is 135 Å². The lowest BCUT2D eigenvalue weighted by Gasteiger charge is -2.45. The second-order valence-electron chi connectivity index (χ2n) is 14.9. The third-order valence-electron chi connectivity index (χ3n) is 8.81. The maximum atomic E-state index is 12.0. The van der Waals surface area contributed by atoms with Crippen molar-refractivity contribution >= 4 is 11.6 Å². The first-order valence-corrected chi connectivity index (χ1v) is 15.8. The molecule has 0 saturated heterocycles. The van der Waals surface area contributed by atoms with Gasteiger partial charge in [0.15, 0.2) is 0 Å². The summed E-state index contributed by atoms with van der Waals surface area (Å²) in [5, 5.41) is 21.7. The van der Waals surface area contributed by atoms with Crippen LogP contribution in [0.3, 0.4) is 0 Å². The van der Waals surface area contributed by atoms with Crippen molar-refractivity contribution < 1.29 is 19.8 Å². The van der Waals surface area contributed by atoms with E-state index in [-0.39, 0.29) is 47.1 Å². The molecule has 2 N–H and O–H groups in total. The first-order chi connectivity index (χ1) is 20.2. The van der Waals surface area contributed by atoms with Crippen molar-refractivity contribution in [1.82, 2.24) is 0 Å². The summed E-state index contributed by atoms with van der Waals surface area (Å²) in [6, 6.07) is 0. The molecule has 0 radical (unpaired) electrons. The highest BCUT2D eigenvalue weighted by Crippen LogP contribution is 2.46. The molecule has 0 amide bonds.